The summed E-state index contributed by atoms with van der Waals surface area (Å²) < 4.78 is 13.9. The van der Waals surface area contributed by atoms with Gasteiger partial charge in [0.2, 0.25) is 12.7 Å². The number of carbonyl (C=O) groups is 1. The van der Waals surface area contributed by atoms with E-state index in [0.717, 1.165) is 14.2 Å². The number of aromatic nitrogens is 4. The number of fused-ring (bicyclic) bond motifs is 2. The first-order valence-electron chi connectivity index (χ1n) is 9.26. The smallest absolute Gasteiger partial charge is 0.231 e. The second-order valence-corrected chi connectivity index (χ2v) is 9.93. The zero-order chi connectivity index (χ0) is 21.5. The van der Waals surface area contributed by atoms with Gasteiger partial charge in [0.15, 0.2) is 33.6 Å². The minimum atomic E-state index is -0.291. The SMILES string of the molecule is CC(C)(C)NC(=O)CCn1c(Sc2cc3c(cc2I)OCO3)nc2c(N)ncnc21. The second kappa shape index (κ2) is 8.10. The summed E-state index contributed by atoms with van der Waals surface area (Å²) in [6, 6.07) is 3.86. The van der Waals surface area contributed by atoms with Crippen LogP contribution in [0, 0.1) is 3.57 Å². The van der Waals surface area contributed by atoms with Gasteiger partial charge in [-0.3, -0.25) is 4.79 Å². The average molecular weight is 540 g/mol. The molecule has 0 atom stereocenters. The van der Waals surface area contributed by atoms with Gasteiger partial charge >= 0.3 is 0 Å². The van der Waals surface area contributed by atoms with E-state index in [2.05, 4.69) is 42.9 Å². The van der Waals surface area contributed by atoms with E-state index < -0.39 is 0 Å². The Morgan fingerprint density at radius 2 is 2.03 bits per heavy atom. The summed E-state index contributed by atoms with van der Waals surface area (Å²) in [5.41, 5.74) is 6.85. The molecule has 158 valence electrons. The number of carbonyl (C=O) groups excluding carboxylic acids is 1. The summed E-state index contributed by atoms with van der Waals surface area (Å²) >= 11 is 3.71. The first-order chi connectivity index (χ1) is 14.2. The fourth-order valence-corrected chi connectivity index (χ4v) is 4.70. The van der Waals surface area contributed by atoms with E-state index in [0.29, 0.717) is 40.9 Å². The highest BCUT2D eigenvalue weighted by Gasteiger charge is 2.21. The van der Waals surface area contributed by atoms with Crippen LogP contribution in [-0.4, -0.2) is 37.8 Å². The number of nitrogens with zero attached hydrogens (tertiary/aromatic N) is 4. The summed E-state index contributed by atoms with van der Waals surface area (Å²) in [5.74, 6) is 1.69. The molecule has 0 aliphatic carbocycles. The van der Waals surface area contributed by atoms with Crippen molar-refractivity contribution in [3.8, 4) is 11.5 Å². The average Bonchev–Trinajstić information content (AvgIpc) is 3.23. The van der Waals surface area contributed by atoms with Crippen LogP contribution in [0.3, 0.4) is 0 Å². The van der Waals surface area contributed by atoms with E-state index in [-0.39, 0.29) is 18.2 Å². The molecule has 0 radical (unpaired) electrons. The number of hydrogen-bond donors (Lipinski definition) is 2. The molecule has 0 saturated heterocycles. The monoisotopic (exact) mass is 540 g/mol. The standard InChI is InChI=1S/C19H21IN6O3S/c1-19(2,3)25-14(27)4-5-26-17-15(16(21)22-8-23-17)24-18(26)30-13-7-12-11(6-10(13)20)28-9-29-12/h6-8H,4-5,9H2,1-3H3,(H,25,27)(H2,21,22,23). The van der Waals surface area contributed by atoms with E-state index in [9.17, 15) is 4.79 Å². The van der Waals surface area contributed by atoms with Gasteiger partial charge in [-0.15, -0.1) is 0 Å². The van der Waals surface area contributed by atoms with Crippen molar-refractivity contribution in [2.75, 3.05) is 12.5 Å². The topological polar surface area (TPSA) is 117 Å². The number of ether oxygens (including phenoxy) is 2. The van der Waals surface area contributed by atoms with Crippen LogP contribution in [0.2, 0.25) is 0 Å². The number of nitrogens with one attached hydrogen (secondary N) is 1. The molecule has 1 aliphatic heterocycles. The van der Waals surface area contributed by atoms with Crippen LogP contribution in [0.4, 0.5) is 5.82 Å². The highest BCUT2D eigenvalue weighted by Crippen LogP contribution is 2.41. The van der Waals surface area contributed by atoms with Gasteiger partial charge in [0.05, 0.1) is 0 Å². The fourth-order valence-electron chi connectivity index (χ4n) is 2.98. The van der Waals surface area contributed by atoms with Crippen molar-refractivity contribution in [1.29, 1.82) is 0 Å². The molecule has 4 rings (SSSR count). The number of amides is 1. The molecule has 0 fully saturated rings. The Balaban J connectivity index is 1.67. The lowest BCUT2D eigenvalue weighted by Gasteiger charge is -2.20. The summed E-state index contributed by atoms with van der Waals surface area (Å²) in [6.07, 6.45) is 1.70. The minimum Gasteiger partial charge on any atom is -0.454 e. The molecule has 1 aliphatic rings. The van der Waals surface area contributed by atoms with Crippen LogP contribution in [0.1, 0.15) is 27.2 Å². The Kier molecular flexibility index (Phi) is 5.66. The number of anilines is 1. The number of rotatable bonds is 5. The largest absolute Gasteiger partial charge is 0.454 e. The zero-order valence-corrected chi connectivity index (χ0v) is 19.7. The molecule has 3 aromatic rings. The quantitative estimate of drug-likeness (QED) is 0.474. The number of nitrogen functional groups attached to an aromatic ring is 1. The van der Waals surface area contributed by atoms with Gasteiger partial charge in [0.25, 0.3) is 0 Å². The van der Waals surface area contributed by atoms with Gasteiger partial charge < -0.3 is 25.1 Å². The van der Waals surface area contributed by atoms with E-state index >= 15 is 0 Å². The molecule has 0 saturated carbocycles. The van der Waals surface area contributed by atoms with Gasteiger partial charge in [-0.05, 0) is 55.5 Å². The van der Waals surface area contributed by atoms with Crippen LogP contribution in [-0.2, 0) is 11.3 Å². The lowest BCUT2D eigenvalue weighted by Crippen LogP contribution is -2.40. The number of hydrogen-bond acceptors (Lipinski definition) is 8. The Labute approximate surface area is 191 Å². The zero-order valence-electron chi connectivity index (χ0n) is 16.7. The highest BCUT2D eigenvalue weighted by atomic mass is 127. The molecule has 30 heavy (non-hydrogen) atoms. The number of aryl methyl sites for hydroxylation is 1. The molecule has 3 N–H and O–H groups in total. The third kappa shape index (κ3) is 4.41. The van der Waals surface area contributed by atoms with Gasteiger partial charge in [-0.25, -0.2) is 15.0 Å². The van der Waals surface area contributed by atoms with Crippen LogP contribution in [0.5, 0.6) is 11.5 Å². The minimum absolute atomic E-state index is 0.0417. The molecular weight excluding hydrogens is 519 g/mol. The van der Waals surface area contributed by atoms with Crippen molar-refractivity contribution >= 4 is 57.2 Å². The summed E-state index contributed by atoms with van der Waals surface area (Å²) in [5, 5.41) is 3.66. The van der Waals surface area contributed by atoms with Crippen LogP contribution >= 0.6 is 34.4 Å². The van der Waals surface area contributed by atoms with Crippen LogP contribution < -0.4 is 20.5 Å². The summed E-state index contributed by atoms with van der Waals surface area (Å²) in [7, 11) is 0. The lowest BCUT2D eigenvalue weighted by molar-refractivity contribution is -0.122. The van der Waals surface area contributed by atoms with Crippen molar-refractivity contribution < 1.29 is 14.3 Å². The van der Waals surface area contributed by atoms with E-state index in [1.54, 1.807) is 0 Å². The number of benzene rings is 1. The molecular formula is C19H21IN6O3S. The van der Waals surface area contributed by atoms with E-state index in [1.165, 1.54) is 18.1 Å². The Bertz CT molecular complexity index is 1130. The second-order valence-electron chi connectivity index (χ2n) is 7.76. The molecule has 0 unspecified atom stereocenters. The normalized spacial score (nSPS) is 13.1. The van der Waals surface area contributed by atoms with Crippen molar-refractivity contribution in [1.82, 2.24) is 24.8 Å². The maximum atomic E-state index is 12.4. The summed E-state index contributed by atoms with van der Waals surface area (Å²) in [6.45, 7) is 6.49. The molecule has 11 heteroatoms. The Morgan fingerprint density at radius 3 is 2.77 bits per heavy atom. The number of imidazole rings is 1. The molecule has 0 bridgehead atoms. The van der Waals surface area contributed by atoms with Crippen molar-refractivity contribution in [2.45, 2.75) is 49.3 Å². The molecule has 1 aromatic carbocycles. The van der Waals surface area contributed by atoms with Gasteiger partial charge in [0, 0.05) is 27.0 Å². The number of halogens is 1. The predicted octanol–water partition coefficient (Wildman–Crippen LogP) is 3.20. The van der Waals surface area contributed by atoms with E-state index in [1.807, 2.05) is 37.5 Å². The first-order valence-corrected chi connectivity index (χ1v) is 11.2. The molecule has 9 nitrogen and oxygen atoms in total. The molecule has 0 spiro atoms. The predicted molar refractivity (Wildman–Crippen MR) is 122 cm³/mol. The van der Waals surface area contributed by atoms with Gasteiger partial charge in [-0.2, -0.15) is 0 Å². The van der Waals surface area contributed by atoms with Crippen LogP contribution in [0.15, 0.2) is 28.5 Å². The third-order valence-corrected chi connectivity index (χ3v) is 6.54. The Morgan fingerprint density at radius 1 is 1.30 bits per heavy atom. The lowest BCUT2D eigenvalue weighted by atomic mass is 10.1. The van der Waals surface area contributed by atoms with Crippen molar-refractivity contribution in [3.63, 3.8) is 0 Å². The van der Waals surface area contributed by atoms with E-state index in [4.69, 9.17) is 15.2 Å². The van der Waals surface area contributed by atoms with Gasteiger partial charge in [0.1, 0.15) is 6.33 Å². The van der Waals surface area contributed by atoms with Gasteiger partial charge in [-0.1, -0.05) is 11.8 Å². The Hall–Kier alpha value is -2.28. The first kappa shape index (κ1) is 21.0. The third-order valence-electron chi connectivity index (χ3n) is 4.23. The molecule has 3 heterocycles. The molecule has 1 amide bonds. The van der Waals surface area contributed by atoms with Crippen molar-refractivity contribution in [3.05, 3.63) is 22.0 Å². The van der Waals surface area contributed by atoms with Crippen LogP contribution in [0.25, 0.3) is 11.2 Å². The maximum absolute atomic E-state index is 12.4. The molecule has 2 aromatic heterocycles. The highest BCUT2D eigenvalue weighted by molar-refractivity contribution is 14.1. The summed E-state index contributed by atoms with van der Waals surface area (Å²) in [4.78, 5) is 26.4. The van der Waals surface area contributed by atoms with Crippen molar-refractivity contribution in [2.24, 2.45) is 0 Å². The number of nitrogens with two attached hydrogens (primary N) is 1. The maximum Gasteiger partial charge on any atom is 0.231 e. The fraction of sp³-hybridized carbons (Fsp3) is 0.368.